The van der Waals surface area contributed by atoms with Crippen LogP contribution in [0.5, 0.6) is 0 Å². The van der Waals surface area contributed by atoms with Crippen LogP contribution in [0.25, 0.3) is 0 Å². The molecule has 21 heavy (non-hydrogen) atoms. The Hall–Kier alpha value is -1.35. The van der Waals surface area contributed by atoms with Crippen molar-refractivity contribution in [3.05, 3.63) is 34.9 Å². The van der Waals surface area contributed by atoms with E-state index in [9.17, 15) is 4.79 Å². The van der Waals surface area contributed by atoms with E-state index < -0.39 is 5.97 Å². The van der Waals surface area contributed by atoms with Crippen LogP contribution in [0.15, 0.2) is 18.2 Å². The zero-order chi connectivity index (χ0) is 14.7. The molecule has 2 aliphatic rings. The minimum Gasteiger partial charge on any atom is -0.481 e. The molecule has 0 radical (unpaired) electrons. The van der Waals surface area contributed by atoms with Crippen LogP contribution >= 0.6 is 0 Å². The summed E-state index contributed by atoms with van der Waals surface area (Å²) in [6, 6.07) is 6.90. The van der Waals surface area contributed by atoms with Crippen molar-refractivity contribution in [3.8, 4) is 0 Å². The first kappa shape index (κ1) is 14.6. The predicted octanol–water partition coefficient (Wildman–Crippen LogP) is 3.16. The van der Waals surface area contributed by atoms with Crippen LogP contribution in [0.3, 0.4) is 0 Å². The highest BCUT2D eigenvalue weighted by molar-refractivity contribution is 5.69. The van der Waals surface area contributed by atoms with Gasteiger partial charge in [-0.3, -0.25) is 4.79 Å². The number of carbonyl (C=O) groups is 1. The Bertz CT molecular complexity index is 504. The standard InChI is InChI=1S/C18H25NO2/c20-18(21)16-8-4-13(5-9-16)11-19-12-14-6-7-15-2-1-3-17(15)10-14/h6-7,10,13,16,19H,1-5,8-9,11-12H2,(H,20,21). The van der Waals surface area contributed by atoms with E-state index in [1.54, 1.807) is 0 Å². The fourth-order valence-corrected chi connectivity index (χ4v) is 3.77. The highest BCUT2D eigenvalue weighted by Crippen LogP contribution is 2.28. The summed E-state index contributed by atoms with van der Waals surface area (Å²) in [5.74, 6) is -0.0625. The third-order valence-electron chi connectivity index (χ3n) is 5.12. The molecule has 0 aromatic heterocycles. The number of carboxylic acids is 1. The molecule has 0 saturated heterocycles. The number of benzene rings is 1. The highest BCUT2D eigenvalue weighted by Gasteiger charge is 2.25. The number of aryl methyl sites for hydroxylation is 2. The zero-order valence-corrected chi connectivity index (χ0v) is 12.6. The van der Waals surface area contributed by atoms with Crippen molar-refractivity contribution in [1.29, 1.82) is 0 Å². The number of carboxylic acid groups (broad SMARTS) is 1. The summed E-state index contributed by atoms with van der Waals surface area (Å²) in [5.41, 5.74) is 4.46. The van der Waals surface area contributed by atoms with Gasteiger partial charge in [-0.15, -0.1) is 0 Å². The second-order valence-electron chi connectivity index (χ2n) is 6.64. The lowest BCUT2D eigenvalue weighted by Crippen LogP contribution is -2.28. The van der Waals surface area contributed by atoms with Gasteiger partial charge in [0.2, 0.25) is 0 Å². The normalized spacial score (nSPS) is 24.8. The molecular formula is C18H25NO2. The predicted molar refractivity (Wildman–Crippen MR) is 83.3 cm³/mol. The summed E-state index contributed by atoms with van der Waals surface area (Å²) in [7, 11) is 0. The molecule has 1 fully saturated rings. The lowest BCUT2D eigenvalue weighted by Gasteiger charge is -2.26. The van der Waals surface area contributed by atoms with Gasteiger partial charge in [-0.05, 0) is 74.1 Å². The maximum atomic E-state index is 10.9. The highest BCUT2D eigenvalue weighted by atomic mass is 16.4. The van der Waals surface area contributed by atoms with E-state index >= 15 is 0 Å². The minimum atomic E-state index is -0.612. The zero-order valence-electron chi connectivity index (χ0n) is 12.6. The van der Waals surface area contributed by atoms with E-state index in [0.717, 1.165) is 38.8 Å². The van der Waals surface area contributed by atoms with Crippen LogP contribution in [0.1, 0.15) is 48.8 Å². The molecule has 3 heteroatoms. The third kappa shape index (κ3) is 3.65. The fourth-order valence-electron chi connectivity index (χ4n) is 3.77. The van der Waals surface area contributed by atoms with E-state index in [2.05, 4.69) is 23.5 Å². The number of nitrogens with one attached hydrogen (secondary N) is 1. The number of hydrogen-bond acceptors (Lipinski definition) is 2. The third-order valence-corrected chi connectivity index (χ3v) is 5.12. The van der Waals surface area contributed by atoms with Crippen molar-refractivity contribution >= 4 is 5.97 Å². The number of fused-ring (bicyclic) bond motifs is 1. The Balaban J connectivity index is 1.41. The van der Waals surface area contributed by atoms with Gasteiger partial charge in [0.15, 0.2) is 0 Å². The van der Waals surface area contributed by atoms with Gasteiger partial charge in [0.05, 0.1) is 5.92 Å². The fraction of sp³-hybridized carbons (Fsp3) is 0.611. The topological polar surface area (TPSA) is 49.3 Å². The molecule has 0 amide bonds. The lowest BCUT2D eigenvalue weighted by molar-refractivity contribution is -0.143. The molecule has 114 valence electrons. The first-order valence-electron chi connectivity index (χ1n) is 8.26. The van der Waals surface area contributed by atoms with Crippen LogP contribution in [-0.4, -0.2) is 17.6 Å². The van der Waals surface area contributed by atoms with Gasteiger partial charge in [0, 0.05) is 6.54 Å². The summed E-state index contributed by atoms with van der Waals surface area (Å²) in [6.07, 6.45) is 7.58. The van der Waals surface area contributed by atoms with Crippen LogP contribution < -0.4 is 5.32 Å². The van der Waals surface area contributed by atoms with Gasteiger partial charge in [-0.25, -0.2) is 0 Å². The number of hydrogen-bond donors (Lipinski definition) is 2. The van der Waals surface area contributed by atoms with Crippen molar-refractivity contribution in [1.82, 2.24) is 5.32 Å². The van der Waals surface area contributed by atoms with E-state index in [4.69, 9.17) is 5.11 Å². The molecule has 0 unspecified atom stereocenters. The second kappa shape index (κ2) is 6.61. The molecule has 0 heterocycles. The first-order valence-corrected chi connectivity index (χ1v) is 8.26. The lowest BCUT2D eigenvalue weighted by atomic mass is 9.82. The maximum absolute atomic E-state index is 10.9. The summed E-state index contributed by atoms with van der Waals surface area (Å²) in [4.78, 5) is 10.9. The quantitative estimate of drug-likeness (QED) is 0.874. The van der Waals surface area contributed by atoms with Gasteiger partial charge in [0.25, 0.3) is 0 Å². The molecule has 2 aliphatic carbocycles. The Kier molecular flexibility index (Phi) is 4.59. The van der Waals surface area contributed by atoms with E-state index in [0.29, 0.717) is 5.92 Å². The molecular weight excluding hydrogens is 262 g/mol. The molecule has 2 N–H and O–H groups in total. The molecule has 0 atom stereocenters. The van der Waals surface area contributed by atoms with Gasteiger partial charge in [-0.1, -0.05) is 18.2 Å². The molecule has 3 rings (SSSR count). The SMILES string of the molecule is O=C(O)C1CCC(CNCc2ccc3c(c2)CCC3)CC1. The van der Waals surface area contributed by atoms with Crippen molar-refractivity contribution in [2.24, 2.45) is 11.8 Å². The van der Waals surface area contributed by atoms with Crippen molar-refractivity contribution < 1.29 is 9.90 Å². The molecule has 1 saturated carbocycles. The van der Waals surface area contributed by atoms with Crippen molar-refractivity contribution in [2.45, 2.75) is 51.5 Å². The summed E-state index contributed by atoms with van der Waals surface area (Å²) in [5, 5.41) is 12.6. The summed E-state index contributed by atoms with van der Waals surface area (Å²) >= 11 is 0. The monoisotopic (exact) mass is 287 g/mol. The summed E-state index contributed by atoms with van der Waals surface area (Å²) in [6.45, 7) is 1.95. The Morgan fingerprint density at radius 2 is 1.90 bits per heavy atom. The average molecular weight is 287 g/mol. The van der Waals surface area contributed by atoms with Crippen LogP contribution in [0.4, 0.5) is 0 Å². The molecule has 3 nitrogen and oxygen atoms in total. The van der Waals surface area contributed by atoms with Crippen molar-refractivity contribution in [3.63, 3.8) is 0 Å². The van der Waals surface area contributed by atoms with Gasteiger partial charge < -0.3 is 10.4 Å². The number of aliphatic carboxylic acids is 1. The van der Waals surface area contributed by atoms with Gasteiger partial charge in [-0.2, -0.15) is 0 Å². The average Bonchev–Trinajstić information content (AvgIpc) is 2.95. The summed E-state index contributed by atoms with van der Waals surface area (Å²) < 4.78 is 0. The molecule has 0 spiro atoms. The van der Waals surface area contributed by atoms with Gasteiger partial charge >= 0.3 is 5.97 Å². The Morgan fingerprint density at radius 3 is 2.67 bits per heavy atom. The van der Waals surface area contributed by atoms with E-state index in [-0.39, 0.29) is 5.92 Å². The largest absolute Gasteiger partial charge is 0.481 e. The van der Waals surface area contributed by atoms with Crippen molar-refractivity contribution in [2.75, 3.05) is 6.54 Å². The van der Waals surface area contributed by atoms with E-state index in [1.165, 1.54) is 36.0 Å². The molecule has 1 aromatic rings. The second-order valence-corrected chi connectivity index (χ2v) is 6.64. The minimum absolute atomic E-state index is 0.0991. The van der Waals surface area contributed by atoms with Gasteiger partial charge in [0.1, 0.15) is 0 Å². The smallest absolute Gasteiger partial charge is 0.306 e. The Labute approximate surface area is 126 Å². The molecule has 0 bridgehead atoms. The van der Waals surface area contributed by atoms with E-state index in [1.807, 2.05) is 0 Å². The Morgan fingerprint density at radius 1 is 1.14 bits per heavy atom. The molecule has 1 aromatic carbocycles. The number of rotatable bonds is 5. The maximum Gasteiger partial charge on any atom is 0.306 e. The van der Waals surface area contributed by atoms with Crippen LogP contribution in [-0.2, 0) is 24.2 Å². The van der Waals surface area contributed by atoms with Crippen LogP contribution in [0.2, 0.25) is 0 Å². The first-order chi connectivity index (χ1) is 10.2. The molecule has 0 aliphatic heterocycles. The van der Waals surface area contributed by atoms with Crippen LogP contribution in [0, 0.1) is 11.8 Å².